The Morgan fingerprint density at radius 3 is 2.58 bits per heavy atom. The zero-order chi connectivity index (χ0) is 17.9. The molecule has 1 amide bonds. The number of thioether (sulfide) groups is 1. The molecule has 0 radical (unpaired) electrons. The Morgan fingerprint density at radius 1 is 1.33 bits per heavy atom. The number of hydrogen-bond acceptors (Lipinski definition) is 3. The number of benzene rings is 1. The quantitative estimate of drug-likeness (QED) is 0.600. The molecule has 1 N–H and O–H groups in total. The smallest absolute Gasteiger partial charge is 0.323 e. The van der Waals surface area contributed by atoms with Gasteiger partial charge in [-0.2, -0.15) is 13.2 Å². The van der Waals surface area contributed by atoms with E-state index >= 15 is 0 Å². The summed E-state index contributed by atoms with van der Waals surface area (Å²) in [6.45, 7) is 1.51. The SMILES string of the molecule is C[C@@H](Sc1ncc(C(F)(F)F)cc1Cl)C(=O)Nc1ccccc1F. The first-order chi connectivity index (χ1) is 11.2. The van der Waals surface area contributed by atoms with Crippen molar-refractivity contribution in [2.45, 2.75) is 23.4 Å². The average Bonchev–Trinajstić information content (AvgIpc) is 2.50. The minimum Gasteiger partial charge on any atom is -0.323 e. The molecule has 3 nitrogen and oxygen atoms in total. The maximum atomic E-state index is 13.5. The van der Waals surface area contributed by atoms with Gasteiger partial charge in [0.05, 0.1) is 21.5 Å². The lowest BCUT2D eigenvalue weighted by Crippen LogP contribution is -2.23. The highest BCUT2D eigenvalue weighted by Gasteiger charge is 2.32. The minimum absolute atomic E-state index is 0.0152. The molecule has 128 valence electrons. The van der Waals surface area contributed by atoms with Gasteiger partial charge in [-0.15, -0.1) is 0 Å². The van der Waals surface area contributed by atoms with E-state index in [4.69, 9.17) is 11.6 Å². The number of nitrogens with one attached hydrogen (secondary N) is 1. The van der Waals surface area contributed by atoms with E-state index in [2.05, 4.69) is 10.3 Å². The molecule has 9 heteroatoms. The maximum Gasteiger partial charge on any atom is 0.417 e. The molecule has 0 saturated heterocycles. The fraction of sp³-hybridized carbons (Fsp3) is 0.200. The third-order valence-corrected chi connectivity index (χ3v) is 4.44. The summed E-state index contributed by atoms with van der Waals surface area (Å²) in [5, 5.41) is 1.53. The van der Waals surface area contributed by atoms with Crippen molar-refractivity contribution in [1.82, 2.24) is 4.98 Å². The van der Waals surface area contributed by atoms with Gasteiger partial charge in [0.1, 0.15) is 10.8 Å². The Labute approximate surface area is 144 Å². The molecule has 0 spiro atoms. The van der Waals surface area contributed by atoms with Crippen molar-refractivity contribution >= 4 is 35.0 Å². The third kappa shape index (κ3) is 4.61. The third-order valence-electron chi connectivity index (χ3n) is 2.92. The second kappa shape index (κ2) is 7.40. The largest absolute Gasteiger partial charge is 0.417 e. The van der Waals surface area contributed by atoms with E-state index < -0.39 is 28.7 Å². The van der Waals surface area contributed by atoms with Crippen LogP contribution in [0.5, 0.6) is 0 Å². The lowest BCUT2D eigenvalue weighted by atomic mass is 10.3. The van der Waals surface area contributed by atoms with Crippen LogP contribution in [0.25, 0.3) is 0 Å². The number of para-hydroxylation sites is 1. The Balaban J connectivity index is 2.08. The molecule has 0 unspecified atom stereocenters. The predicted octanol–water partition coefficient (Wildman–Crippen LogP) is 5.01. The molecule has 1 heterocycles. The molecule has 2 rings (SSSR count). The molecule has 0 aliphatic rings. The van der Waals surface area contributed by atoms with Gasteiger partial charge in [-0.3, -0.25) is 4.79 Å². The number of nitrogens with zero attached hydrogens (tertiary/aromatic N) is 1. The van der Waals surface area contributed by atoms with Crippen LogP contribution in [0.2, 0.25) is 5.02 Å². The van der Waals surface area contributed by atoms with Crippen LogP contribution in [0.3, 0.4) is 0 Å². The number of amides is 1. The number of pyridine rings is 1. The van der Waals surface area contributed by atoms with Crippen molar-refractivity contribution < 1.29 is 22.4 Å². The summed E-state index contributed by atoms with van der Waals surface area (Å²) in [6.07, 6.45) is -3.90. The lowest BCUT2D eigenvalue weighted by Gasteiger charge is -2.13. The van der Waals surface area contributed by atoms with Crippen LogP contribution in [-0.4, -0.2) is 16.1 Å². The number of halogens is 5. The van der Waals surface area contributed by atoms with Gasteiger partial charge >= 0.3 is 6.18 Å². The van der Waals surface area contributed by atoms with E-state index in [1.807, 2.05) is 0 Å². The van der Waals surface area contributed by atoms with Crippen LogP contribution in [0.4, 0.5) is 23.2 Å². The Bertz CT molecular complexity index is 754. The number of alkyl halides is 3. The fourth-order valence-electron chi connectivity index (χ4n) is 1.69. The van der Waals surface area contributed by atoms with E-state index in [9.17, 15) is 22.4 Å². The monoisotopic (exact) mass is 378 g/mol. The van der Waals surface area contributed by atoms with Gasteiger partial charge in [0.25, 0.3) is 0 Å². The number of aromatic nitrogens is 1. The highest BCUT2D eigenvalue weighted by atomic mass is 35.5. The normalized spacial score (nSPS) is 12.8. The maximum absolute atomic E-state index is 13.5. The number of carbonyl (C=O) groups is 1. The van der Waals surface area contributed by atoms with Gasteiger partial charge in [0.2, 0.25) is 5.91 Å². The lowest BCUT2D eigenvalue weighted by molar-refractivity contribution is -0.137. The molecule has 0 saturated carbocycles. The topological polar surface area (TPSA) is 42.0 Å². The zero-order valence-corrected chi connectivity index (χ0v) is 13.8. The van der Waals surface area contributed by atoms with Crippen LogP contribution < -0.4 is 5.32 Å². The molecule has 1 aromatic carbocycles. The zero-order valence-electron chi connectivity index (χ0n) is 12.2. The number of rotatable bonds is 4. The molecule has 0 aliphatic carbocycles. The average molecular weight is 379 g/mol. The number of hydrogen-bond donors (Lipinski definition) is 1. The van der Waals surface area contributed by atoms with Crippen molar-refractivity contribution in [3.63, 3.8) is 0 Å². The van der Waals surface area contributed by atoms with Crippen LogP contribution >= 0.6 is 23.4 Å². The van der Waals surface area contributed by atoms with Gasteiger partial charge in [0, 0.05) is 6.20 Å². The van der Waals surface area contributed by atoms with E-state index in [1.165, 1.54) is 25.1 Å². The van der Waals surface area contributed by atoms with Crippen molar-refractivity contribution in [1.29, 1.82) is 0 Å². The van der Waals surface area contributed by atoms with E-state index in [1.54, 1.807) is 6.07 Å². The second-order valence-electron chi connectivity index (χ2n) is 4.74. The van der Waals surface area contributed by atoms with Gasteiger partial charge in [-0.1, -0.05) is 35.5 Å². The first-order valence-electron chi connectivity index (χ1n) is 6.63. The van der Waals surface area contributed by atoms with Crippen molar-refractivity contribution in [3.8, 4) is 0 Å². The van der Waals surface area contributed by atoms with Crippen molar-refractivity contribution in [3.05, 3.63) is 52.9 Å². The predicted molar refractivity (Wildman–Crippen MR) is 84.6 cm³/mol. The first kappa shape index (κ1) is 18.5. The van der Waals surface area contributed by atoms with Crippen molar-refractivity contribution in [2.24, 2.45) is 0 Å². The Morgan fingerprint density at radius 2 is 2.00 bits per heavy atom. The van der Waals surface area contributed by atoms with Crippen LogP contribution in [0, 0.1) is 5.82 Å². The molecular weight excluding hydrogens is 368 g/mol. The van der Waals surface area contributed by atoms with Gasteiger partial charge in [-0.05, 0) is 25.1 Å². The summed E-state index contributed by atoms with van der Waals surface area (Å²) in [5.41, 5.74) is -0.957. The number of carbonyl (C=O) groups excluding carboxylic acids is 1. The molecule has 0 aliphatic heterocycles. The summed E-state index contributed by atoms with van der Waals surface area (Å²) in [4.78, 5) is 15.7. The molecule has 24 heavy (non-hydrogen) atoms. The highest BCUT2D eigenvalue weighted by molar-refractivity contribution is 8.00. The van der Waals surface area contributed by atoms with Gasteiger partial charge in [0.15, 0.2) is 0 Å². The van der Waals surface area contributed by atoms with E-state index in [0.29, 0.717) is 6.20 Å². The standard InChI is InChI=1S/C15H11ClF4N2OS/c1-8(13(23)22-12-5-3-2-4-11(12)17)24-14-10(16)6-9(7-21-14)15(18,19)20/h2-8H,1H3,(H,22,23)/t8-/m1/s1. The second-order valence-corrected chi connectivity index (χ2v) is 6.47. The summed E-state index contributed by atoms with van der Waals surface area (Å²) in [7, 11) is 0. The molecule has 0 bridgehead atoms. The van der Waals surface area contributed by atoms with Gasteiger partial charge < -0.3 is 5.32 Å². The first-order valence-corrected chi connectivity index (χ1v) is 7.89. The summed E-state index contributed by atoms with van der Waals surface area (Å²) in [5.74, 6) is -1.11. The Kier molecular flexibility index (Phi) is 5.71. The Hall–Kier alpha value is -1.80. The van der Waals surface area contributed by atoms with Crippen molar-refractivity contribution in [2.75, 3.05) is 5.32 Å². The van der Waals surface area contributed by atoms with Crippen LogP contribution in [0.15, 0.2) is 41.6 Å². The number of anilines is 1. The molecular formula is C15H11ClF4N2OS. The minimum atomic E-state index is -4.55. The van der Waals surface area contributed by atoms with Crippen LogP contribution in [0.1, 0.15) is 12.5 Å². The molecule has 1 atom stereocenters. The summed E-state index contributed by atoms with van der Waals surface area (Å²) >= 11 is 6.67. The van der Waals surface area contributed by atoms with Crippen LogP contribution in [-0.2, 0) is 11.0 Å². The summed E-state index contributed by atoms with van der Waals surface area (Å²) < 4.78 is 51.2. The van der Waals surface area contributed by atoms with E-state index in [-0.39, 0.29) is 15.7 Å². The van der Waals surface area contributed by atoms with Gasteiger partial charge in [-0.25, -0.2) is 9.37 Å². The molecule has 0 fully saturated rings. The summed E-state index contributed by atoms with van der Waals surface area (Å²) in [6, 6.07) is 6.38. The molecule has 2 aromatic rings. The fourth-order valence-corrected chi connectivity index (χ4v) is 2.77. The molecule has 1 aromatic heterocycles. The highest BCUT2D eigenvalue weighted by Crippen LogP contribution is 2.35. The van der Waals surface area contributed by atoms with E-state index in [0.717, 1.165) is 17.8 Å².